The maximum atomic E-state index is 13.7. The summed E-state index contributed by atoms with van der Waals surface area (Å²) in [7, 11) is 1.28. The van der Waals surface area contributed by atoms with E-state index in [-0.39, 0.29) is 11.3 Å². The average Bonchev–Trinajstić information content (AvgIpc) is 2.54. The Bertz CT molecular complexity index is 791. The molecule has 0 amide bonds. The first-order valence-corrected chi connectivity index (χ1v) is 8.69. The first kappa shape index (κ1) is 22.8. The highest BCUT2D eigenvalue weighted by molar-refractivity contribution is 5.60. The number of benzene rings is 1. The summed E-state index contributed by atoms with van der Waals surface area (Å²) < 4.78 is 46.2. The van der Waals surface area contributed by atoms with Gasteiger partial charge in [-0.3, -0.25) is 0 Å². The molecule has 1 atom stereocenters. The molecule has 1 rings (SSSR count). The lowest BCUT2D eigenvalue weighted by Gasteiger charge is -2.30. The van der Waals surface area contributed by atoms with Gasteiger partial charge < -0.3 is 9.84 Å². The molecule has 0 saturated heterocycles. The molecule has 0 aliphatic carbocycles. The van der Waals surface area contributed by atoms with Gasteiger partial charge in [0.25, 0.3) is 0 Å². The monoisotopic (exact) mass is 380 g/mol. The van der Waals surface area contributed by atoms with E-state index < -0.39 is 11.8 Å². The number of methoxy groups -OCH3 is 1. The van der Waals surface area contributed by atoms with E-state index in [2.05, 4.69) is 5.73 Å². The molecule has 0 radical (unpaired) electrons. The van der Waals surface area contributed by atoms with Crippen LogP contribution in [0.2, 0.25) is 0 Å². The predicted octanol–water partition coefficient (Wildman–Crippen LogP) is 6.24. The normalized spacial score (nSPS) is 14.1. The molecule has 0 spiro atoms. The number of aryl methyl sites for hydroxylation is 1. The molecule has 5 heteroatoms. The van der Waals surface area contributed by atoms with Gasteiger partial charge in [-0.05, 0) is 81.2 Å². The van der Waals surface area contributed by atoms with Gasteiger partial charge in [0, 0.05) is 5.56 Å². The molecule has 2 nitrogen and oxygen atoms in total. The molecular weight excluding hydrogens is 353 g/mol. The lowest BCUT2D eigenvalue weighted by atomic mass is 9.88. The van der Waals surface area contributed by atoms with Gasteiger partial charge in [0.1, 0.15) is 5.75 Å². The molecule has 0 aliphatic heterocycles. The van der Waals surface area contributed by atoms with Crippen LogP contribution < -0.4 is 4.74 Å². The minimum Gasteiger partial charge on any atom is -0.496 e. The minimum absolute atomic E-state index is 0.0354. The van der Waals surface area contributed by atoms with Crippen molar-refractivity contribution in [2.45, 2.75) is 52.8 Å². The van der Waals surface area contributed by atoms with Crippen LogP contribution >= 0.6 is 0 Å². The highest BCUT2D eigenvalue weighted by atomic mass is 19.4. The lowest BCUT2D eigenvalue weighted by Crippen LogP contribution is -2.41. The molecule has 1 unspecified atom stereocenters. The van der Waals surface area contributed by atoms with E-state index in [0.717, 1.165) is 18.1 Å². The lowest BCUT2D eigenvalue weighted by molar-refractivity contribution is -0.245. The van der Waals surface area contributed by atoms with Crippen molar-refractivity contribution in [3.8, 4) is 5.75 Å². The van der Waals surface area contributed by atoms with Crippen LogP contribution in [0.1, 0.15) is 50.8 Å². The van der Waals surface area contributed by atoms with Crippen LogP contribution in [0, 0.1) is 6.92 Å². The number of aliphatic hydroxyl groups is 1. The van der Waals surface area contributed by atoms with Gasteiger partial charge in [0.15, 0.2) is 0 Å². The fraction of sp³-hybridized carbons (Fsp3) is 0.409. The Morgan fingerprint density at radius 1 is 1.22 bits per heavy atom. The van der Waals surface area contributed by atoms with E-state index in [1.807, 2.05) is 19.9 Å². The highest BCUT2D eigenvalue weighted by Gasteiger charge is 2.55. The van der Waals surface area contributed by atoms with E-state index in [4.69, 9.17) is 4.74 Å². The number of allylic oxidation sites excluding steroid dienone is 4. The molecule has 27 heavy (non-hydrogen) atoms. The number of alkyl halides is 3. The zero-order valence-electron chi connectivity index (χ0n) is 16.7. The van der Waals surface area contributed by atoms with Gasteiger partial charge in [0.2, 0.25) is 5.60 Å². The van der Waals surface area contributed by atoms with Crippen LogP contribution in [-0.2, 0) is 5.60 Å². The predicted molar refractivity (Wildman–Crippen MR) is 104 cm³/mol. The van der Waals surface area contributed by atoms with Crippen molar-refractivity contribution in [1.82, 2.24) is 0 Å². The molecule has 1 N–H and O–H groups in total. The topological polar surface area (TPSA) is 29.5 Å². The van der Waals surface area contributed by atoms with Gasteiger partial charge in [0.05, 0.1) is 7.11 Å². The molecule has 0 fully saturated rings. The van der Waals surface area contributed by atoms with E-state index in [1.54, 1.807) is 19.1 Å². The second-order valence-electron chi connectivity index (χ2n) is 6.71. The summed E-state index contributed by atoms with van der Waals surface area (Å²) in [5.41, 5.74) is 2.21. The van der Waals surface area contributed by atoms with Crippen molar-refractivity contribution in [2.75, 3.05) is 7.11 Å². The Balaban J connectivity index is 3.57. The number of hydrogen-bond donors (Lipinski definition) is 1. The molecule has 1 aromatic carbocycles. The van der Waals surface area contributed by atoms with Crippen molar-refractivity contribution in [1.29, 1.82) is 0 Å². The quantitative estimate of drug-likeness (QED) is 0.359. The molecule has 0 heterocycles. The van der Waals surface area contributed by atoms with Gasteiger partial charge in [-0.2, -0.15) is 13.2 Å². The molecule has 0 aromatic heterocycles. The second kappa shape index (κ2) is 9.12. The third-order valence-electron chi connectivity index (χ3n) is 4.00. The van der Waals surface area contributed by atoms with Crippen LogP contribution in [-0.4, -0.2) is 18.4 Å². The Labute approximate surface area is 159 Å². The fourth-order valence-corrected chi connectivity index (χ4v) is 2.70. The van der Waals surface area contributed by atoms with Gasteiger partial charge in [-0.25, -0.2) is 0 Å². The molecule has 148 valence electrons. The van der Waals surface area contributed by atoms with Crippen molar-refractivity contribution < 1.29 is 23.0 Å². The second-order valence-corrected chi connectivity index (χ2v) is 6.71. The van der Waals surface area contributed by atoms with Gasteiger partial charge >= 0.3 is 6.18 Å². The van der Waals surface area contributed by atoms with Gasteiger partial charge in [-0.1, -0.05) is 18.6 Å². The maximum absolute atomic E-state index is 13.7. The summed E-state index contributed by atoms with van der Waals surface area (Å²) in [4.78, 5) is 0. The molecule has 0 aliphatic rings. The molecule has 0 bridgehead atoms. The van der Waals surface area contributed by atoms with Crippen LogP contribution in [0.4, 0.5) is 13.2 Å². The first-order chi connectivity index (χ1) is 12.5. The maximum Gasteiger partial charge on any atom is 0.425 e. The number of rotatable bonds is 6. The zero-order valence-corrected chi connectivity index (χ0v) is 16.7. The van der Waals surface area contributed by atoms with Crippen LogP contribution in [0.15, 0.2) is 47.2 Å². The van der Waals surface area contributed by atoms with E-state index in [9.17, 15) is 18.3 Å². The summed E-state index contributed by atoms with van der Waals surface area (Å²) in [6, 6.07) is 2.80. The summed E-state index contributed by atoms with van der Waals surface area (Å²) in [6.45, 7) is 8.67. The number of ether oxygens (including phenoxy) is 1. The van der Waals surface area contributed by atoms with Crippen LogP contribution in [0.3, 0.4) is 0 Å². The summed E-state index contributed by atoms with van der Waals surface area (Å²) in [6.07, 6.45) is 2.36. The van der Waals surface area contributed by atoms with Crippen molar-refractivity contribution >= 4 is 6.08 Å². The standard InChI is InChI=1S/C22H27F3O2/c1-7-9-16(4)10-8-11-18-13-20(27-6)19(12-17(18)5)21(26,14-15(2)3)22(23,24)25/h9-14,26H,7H2,1-6H3/b16-9+. The molecule has 1 aromatic rings. The third-order valence-corrected chi connectivity index (χ3v) is 4.00. The fourth-order valence-electron chi connectivity index (χ4n) is 2.70. The Kier molecular flexibility index (Phi) is 7.70. The smallest absolute Gasteiger partial charge is 0.425 e. The average molecular weight is 380 g/mol. The van der Waals surface area contributed by atoms with Gasteiger partial charge in [-0.15, -0.1) is 5.73 Å². The van der Waals surface area contributed by atoms with Crippen LogP contribution in [0.5, 0.6) is 5.75 Å². The zero-order chi connectivity index (χ0) is 20.8. The highest BCUT2D eigenvalue weighted by Crippen LogP contribution is 2.45. The SMILES string of the molecule is CC/C=C(\C)C=C=Cc1cc(OC)c(C(O)(C=C(C)C)C(F)(F)F)cc1C. The van der Waals surface area contributed by atoms with Crippen molar-refractivity contribution in [3.05, 3.63) is 63.9 Å². The van der Waals surface area contributed by atoms with E-state index >= 15 is 0 Å². The Morgan fingerprint density at radius 3 is 2.33 bits per heavy atom. The van der Waals surface area contributed by atoms with Crippen LogP contribution in [0.25, 0.3) is 6.08 Å². The third kappa shape index (κ3) is 5.62. The van der Waals surface area contributed by atoms with Crippen molar-refractivity contribution in [3.63, 3.8) is 0 Å². The number of hydrogen-bond acceptors (Lipinski definition) is 2. The summed E-state index contributed by atoms with van der Waals surface area (Å²) >= 11 is 0. The largest absolute Gasteiger partial charge is 0.496 e. The Hall–Kier alpha value is -2.23. The minimum atomic E-state index is -4.89. The summed E-state index contributed by atoms with van der Waals surface area (Å²) in [5, 5.41) is 10.5. The Morgan fingerprint density at radius 2 is 1.85 bits per heavy atom. The van der Waals surface area contributed by atoms with E-state index in [1.165, 1.54) is 33.1 Å². The first-order valence-electron chi connectivity index (χ1n) is 8.69. The van der Waals surface area contributed by atoms with E-state index in [0.29, 0.717) is 16.7 Å². The molecule has 0 saturated carbocycles. The number of halogens is 3. The molecular formula is C22H27F3O2. The van der Waals surface area contributed by atoms with Crippen molar-refractivity contribution in [2.24, 2.45) is 0 Å². The summed E-state index contributed by atoms with van der Waals surface area (Å²) in [5.74, 6) is -0.0354.